The fourth-order valence-electron chi connectivity index (χ4n) is 1.32. The lowest BCUT2D eigenvalue weighted by Crippen LogP contribution is -2.03. The van der Waals surface area contributed by atoms with Gasteiger partial charge in [0.25, 0.3) is 0 Å². The van der Waals surface area contributed by atoms with Crippen molar-refractivity contribution in [3.05, 3.63) is 47.7 Å². The molecule has 0 unspecified atom stereocenters. The van der Waals surface area contributed by atoms with Gasteiger partial charge in [-0.1, -0.05) is 0 Å². The molecule has 0 saturated heterocycles. The molecule has 0 fully saturated rings. The van der Waals surface area contributed by atoms with Crippen LogP contribution in [0.1, 0.15) is 17.0 Å². The predicted molar refractivity (Wildman–Crippen MR) is 63.1 cm³/mol. The first-order chi connectivity index (χ1) is 7.75. The molecule has 82 valence electrons. The molecule has 0 aromatic carbocycles. The summed E-state index contributed by atoms with van der Waals surface area (Å²) in [5, 5.41) is 3.23. The van der Waals surface area contributed by atoms with E-state index in [1.807, 2.05) is 26.0 Å². The van der Waals surface area contributed by atoms with E-state index in [0.717, 1.165) is 23.8 Å². The Kier molecular flexibility index (Phi) is 3.10. The van der Waals surface area contributed by atoms with Crippen molar-refractivity contribution in [2.24, 2.45) is 0 Å². The molecule has 2 aromatic heterocycles. The lowest BCUT2D eigenvalue weighted by Gasteiger charge is -2.06. The van der Waals surface area contributed by atoms with Gasteiger partial charge in [-0.2, -0.15) is 0 Å². The van der Waals surface area contributed by atoms with E-state index >= 15 is 0 Å². The number of anilines is 1. The van der Waals surface area contributed by atoms with E-state index in [0.29, 0.717) is 0 Å². The summed E-state index contributed by atoms with van der Waals surface area (Å²) in [6, 6.07) is 3.95. The number of rotatable bonds is 3. The summed E-state index contributed by atoms with van der Waals surface area (Å²) < 4.78 is 0. The minimum absolute atomic E-state index is 0.736. The first-order valence-corrected chi connectivity index (χ1v) is 5.19. The molecule has 0 atom stereocenters. The van der Waals surface area contributed by atoms with E-state index in [-0.39, 0.29) is 0 Å². The number of nitrogens with zero attached hydrogens (tertiary/aromatic N) is 3. The van der Waals surface area contributed by atoms with Gasteiger partial charge in [0.05, 0.1) is 17.6 Å². The van der Waals surface area contributed by atoms with Gasteiger partial charge in [0, 0.05) is 18.9 Å². The third kappa shape index (κ3) is 2.53. The number of aryl methyl sites for hydroxylation is 2. The molecular formula is C12H14N4. The van der Waals surface area contributed by atoms with Gasteiger partial charge in [0.15, 0.2) is 0 Å². The summed E-state index contributed by atoms with van der Waals surface area (Å²) in [6.07, 6.45) is 5.32. The SMILES string of the molecule is Cc1ncc(NCc2ccncc2)nc1C. The lowest BCUT2D eigenvalue weighted by molar-refractivity contribution is 1.01. The molecule has 0 aliphatic carbocycles. The molecule has 0 radical (unpaired) electrons. The predicted octanol–water partition coefficient (Wildman–Crippen LogP) is 2.10. The standard InChI is InChI=1S/C12H14N4/c1-9-10(2)16-12(8-14-9)15-7-11-3-5-13-6-4-11/h3-6,8H,7H2,1-2H3,(H,15,16). The van der Waals surface area contributed by atoms with Crippen LogP contribution in [0.4, 0.5) is 5.82 Å². The quantitative estimate of drug-likeness (QED) is 0.850. The van der Waals surface area contributed by atoms with Crippen LogP contribution in [0.2, 0.25) is 0 Å². The monoisotopic (exact) mass is 214 g/mol. The number of nitrogens with one attached hydrogen (secondary N) is 1. The van der Waals surface area contributed by atoms with Crippen LogP contribution in [-0.4, -0.2) is 15.0 Å². The van der Waals surface area contributed by atoms with E-state index in [4.69, 9.17) is 0 Å². The van der Waals surface area contributed by atoms with Crippen LogP contribution in [-0.2, 0) is 6.54 Å². The highest BCUT2D eigenvalue weighted by Gasteiger charge is 1.98. The normalized spacial score (nSPS) is 10.1. The number of hydrogen-bond acceptors (Lipinski definition) is 4. The van der Waals surface area contributed by atoms with E-state index in [1.54, 1.807) is 18.6 Å². The third-order valence-electron chi connectivity index (χ3n) is 2.42. The summed E-state index contributed by atoms with van der Waals surface area (Å²) in [5.74, 6) is 0.805. The lowest BCUT2D eigenvalue weighted by atomic mass is 10.3. The van der Waals surface area contributed by atoms with Crippen molar-refractivity contribution in [1.29, 1.82) is 0 Å². The summed E-state index contributed by atoms with van der Waals surface area (Å²) in [6.45, 7) is 4.65. The molecule has 0 bridgehead atoms. The van der Waals surface area contributed by atoms with Crippen LogP contribution in [0.3, 0.4) is 0 Å². The molecule has 2 aromatic rings. The van der Waals surface area contributed by atoms with Crippen LogP contribution in [0.25, 0.3) is 0 Å². The van der Waals surface area contributed by atoms with Gasteiger partial charge >= 0.3 is 0 Å². The molecule has 0 saturated carbocycles. The van der Waals surface area contributed by atoms with Crippen LogP contribution in [0.15, 0.2) is 30.7 Å². The number of aromatic nitrogens is 3. The highest BCUT2D eigenvalue weighted by Crippen LogP contribution is 2.07. The summed E-state index contributed by atoms with van der Waals surface area (Å²) >= 11 is 0. The first-order valence-electron chi connectivity index (χ1n) is 5.19. The number of hydrogen-bond donors (Lipinski definition) is 1. The summed E-state index contributed by atoms with van der Waals surface area (Å²) in [7, 11) is 0. The Morgan fingerprint density at radius 1 is 1.12 bits per heavy atom. The van der Waals surface area contributed by atoms with E-state index < -0.39 is 0 Å². The minimum atomic E-state index is 0.736. The summed E-state index contributed by atoms with van der Waals surface area (Å²) in [4.78, 5) is 12.6. The molecule has 16 heavy (non-hydrogen) atoms. The Morgan fingerprint density at radius 2 is 1.88 bits per heavy atom. The van der Waals surface area contributed by atoms with Crippen molar-refractivity contribution < 1.29 is 0 Å². The smallest absolute Gasteiger partial charge is 0.145 e. The molecule has 2 rings (SSSR count). The maximum atomic E-state index is 4.40. The van der Waals surface area contributed by atoms with Crippen molar-refractivity contribution in [2.75, 3.05) is 5.32 Å². The maximum Gasteiger partial charge on any atom is 0.145 e. The van der Waals surface area contributed by atoms with Gasteiger partial charge in [-0.25, -0.2) is 4.98 Å². The van der Waals surface area contributed by atoms with E-state index in [2.05, 4.69) is 20.3 Å². The average Bonchev–Trinajstić information content (AvgIpc) is 2.32. The molecule has 4 heteroatoms. The van der Waals surface area contributed by atoms with Gasteiger partial charge in [-0.05, 0) is 31.5 Å². The Morgan fingerprint density at radius 3 is 2.56 bits per heavy atom. The molecule has 0 aliphatic heterocycles. The van der Waals surface area contributed by atoms with Crippen molar-refractivity contribution in [3.63, 3.8) is 0 Å². The van der Waals surface area contributed by atoms with Gasteiger partial charge in [0.1, 0.15) is 5.82 Å². The molecule has 0 amide bonds. The second kappa shape index (κ2) is 4.70. The molecule has 0 spiro atoms. The Balaban J connectivity index is 2.03. The van der Waals surface area contributed by atoms with Gasteiger partial charge < -0.3 is 5.32 Å². The van der Waals surface area contributed by atoms with Gasteiger partial charge in [-0.15, -0.1) is 0 Å². The zero-order valence-corrected chi connectivity index (χ0v) is 9.44. The molecular weight excluding hydrogens is 200 g/mol. The Bertz CT molecular complexity index is 468. The zero-order valence-electron chi connectivity index (χ0n) is 9.44. The second-order valence-corrected chi connectivity index (χ2v) is 3.64. The Labute approximate surface area is 94.8 Å². The fraction of sp³-hybridized carbons (Fsp3) is 0.250. The Hall–Kier alpha value is -1.97. The van der Waals surface area contributed by atoms with Crippen LogP contribution in [0, 0.1) is 13.8 Å². The topological polar surface area (TPSA) is 50.7 Å². The maximum absolute atomic E-state index is 4.40. The third-order valence-corrected chi connectivity index (χ3v) is 2.42. The van der Waals surface area contributed by atoms with Crippen molar-refractivity contribution in [3.8, 4) is 0 Å². The van der Waals surface area contributed by atoms with Crippen molar-refractivity contribution >= 4 is 5.82 Å². The average molecular weight is 214 g/mol. The van der Waals surface area contributed by atoms with Crippen molar-refractivity contribution in [2.45, 2.75) is 20.4 Å². The van der Waals surface area contributed by atoms with Gasteiger partial charge in [-0.3, -0.25) is 9.97 Å². The first kappa shape index (κ1) is 10.5. The van der Waals surface area contributed by atoms with E-state index in [1.165, 1.54) is 5.56 Å². The van der Waals surface area contributed by atoms with Crippen LogP contribution >= 0.6 is 0 Å². The fourth-order valence-corrected chi connectivity index (χ4v) is 1.32. The highest BCUT2D eigenvalue weighted by atomic mass is 15.0. The largest absolute Gasteiger partial charge is 0.365 e. The molecule has 4 nitrogen and oxygen atoms in total. The molecule has 2 heterocycles. The summed E-state index contributed by atoms with van der Waals surface area (Å²) in [5.41, 5.74) is 3.10. The number of pyridine rings is 1. The highest BCUT2D eigenvalue weighted by molar-refractivity contribution is 5.34. The van der Waals surface area contributed by atoms with Crippen LogP contribution < -0.4 is 5.32 Å². The van der Waals surface area contributed by atoms with E-state index in [9.17, 15) is 0 Å². The minimum Gasteiger partial charge on any atom is -0.365 e. The molecule has 1 N–H and O–H groups in total. The van der Waals surface area contributed by atoms with Gasteiger partial charge in [0.2, 0.25) is 0 Å². The second-order valence-electron chi connectivity index (χ2n) is 3.64. The van der Waals surface area contributed by atoms with Crippen molar-refractivity contribution in [1.82, 2.24) is 15.0 Å². The zero-order chi connectivity index (χ0) is 11.4. The van der Waals surface area contributed by atoms with Crippen LogP contribution in [0.5, 0.6) is 0 Å². The molecule has 0 aliphatic rings.